The second-order valence-electron chi connectivity index (χ2n) is 1.28. The van der Waals surface area contributed by atoms with E-state index in [4.69, 9.17) is 4.42 Å². The number of rotatable bonds is 1. The molecule has 0 saturated heterocycles. The Bertz CT molecular complexity index is 249. The van der Waals surface area contributed by atoms with Crippen molar-refractivity contribution in [2.24, 2.45) is 4.99 Å². The first-order valence-electron chi connectivity index (χ1n) is 2.15. The highest BCUT2D eigenvalue weighted by Crippen LogP contribution is 2.24. The molecule has 0 atom stereocenters. The topological polar surface area (TPSA) is 42.6 Å². The van der Waals surface area contributed by atoms with E-state index in [1.807, 2.05) is 0 Å². The quantitative estimate of drug-likeness (QED) is 0.499. The predicted molar refractivity (Wildman–Crippen MR) is 34.2 cm³/mol. The molecule has 0 fully saturated rings. The molecule has 0 N–H and O–H groups in total. The van der Waals surface area contributed by atoms with E-state index in [-0.39, 0.29) is 0 Å². The van der Waals surface area contributed by atoms with Gasteiger partial charge in [-0.1, -0.05) is 0 Å². The normalized spacial score (nSPS) is 8.56. The number of nitrogens with zero attached hydrogens (tertiary/aromatic N) is 1. The smallest absolute Gasteiger partial charge is 0.240 e. The number of carbonyl (C=O) groups excluding carboxylic acids is 1. The SMILES string of the molecule is O=C=Nc1ccoc1Br. The van der Waals surface area contributed by atoms with Crippen molar-refractivity contribution < 1.29 is 9.21 Å². The molecule has 1 aromatic rings. The Morgan fingerprint density at radius 3 is 3.00 bits per heavy atom. The van der Waals surface area contributed by atoms with Crippen molar-refractivity contribution in [1.29, 1.82) is 0 Å². The largest absolute Gasteiger partial charge is 0.455 e. The summed E-state index contributed by atoms with van der Waals surface area (Å²) in [6, 6.07) is 1.56. The van der Waals surface area contributed by atoms with Gasteiger partial charge in [0, 0.05) is 6.07 Å². The van der Waals surface area contributed by atoms with E-state index in [1.165, 1.54) is 12.3 Å². The molecule has 46 valence electrons. The minimum absolute atomic E-state index is 0.450. The van der Waals surface area contributed by atoms with E-state index in [9.17, 15) is 4.79 Å². The number of halogens is 1. The van der Waals surface area contributed by atoms with E-state index in [0.29, 0.717) is 10.4 Å². The molecule has 4 heteroatoms. The van der Waals surface area contributed by atoms with Crippen LogP contribution in [0.1, 0.15) is 0 Å². The number of aliphatic imine (C=N–C) groups is 1. The van der Waals surface area contributed by atoms with Gasteiger partial charge in [-0.25, -0.2) is 4.79 Å². The van der Waals surface area contributed by atoms with Crippen LogP contribution in [0.2, 0.25) is 0 Å². The second kappa shape index (κ2) is 2.62. The molecule has 9 heavy (non-hydrogen) atoms. The van der Waals surface area contributed by atoms with Crippen molar-refractivity contribution in [1.82, 2.24) is 0 Å². The monoisotopic (exact) mass is 187 g/mol. The molecule has 0 aromatic carbocycles. The number of furan rings is 1. The molecule has 1 rings (SSSR count). The summed E-state index contributed by atoms with van der Waals surface area (Å²) in [7, 11) is 0. The second-order valence-corrected chi connectivity index (χ2v) is 2.00. The molecule has 3 nitrogen and oxygen atoms in total. The molecule has 0 aliphatic rings. The summed E-state index contributed by atoms with van der Waals surface area (Å²) in [5, 5.41) is 0. The van der Waals surface area contributed by atoms with Crippen LogP contribution < -0.4 is 0 Å². The summed E-state index contributed by atoms with van der Waals surface area (Å²) >= 11 is 3.03. The third-order valence-electron chi connectivity index (χ3n) is 0.765. The third kappa shape index (κ3) is 1.28. The van der Waals surface area contributed by atoms with Gasteiger partial charge in [0.2, 0.25) is 6.08 Å². The van der Waals surface area contributed by atoms with Crippen LogP contribution in [0.4, 0.5) is 5.69 Å². The van der Waals surface area contributed by atoms with Gasteiger partial charge in [-0.2, -0.15) is 4.99 Å². The maximum absolute atomic E-state index is 9.67. The number of hydrogen-bond acceptors (Lipinski definition) is 3. The Kier molecular flexibility index (Phi) is 1.82. The van der Waals surface area contributed by atoms with Crippen molar-refractivity contribution in [3.8, 4) is 0 Å². The lowest BCUT2D eigenvalue weighted by atomic mass is 10.6. The molecule has 0 spiro atoms. The zero-order valence-electron chi connectivity index (χ0n) is 4.30. The first kappa shape index (κ1) is 6.26. The van der Waals surface area contributed by atoms with Gasteiger partial charge in [0.25, 0.3) is 0 Å². The van der Waals surface area contributed by atoms with Crippen molar-refractivity contribution in [3.63, 3.8) is 0 Å². The van der Waals surface area contributed by atoms with Gasteiger partial charge >= 0.3 is 0 Å². The van der Waals surface area contributed by atoms with Crippen molar-refractivity contribution in [2.45, 2.75) is 0 Å². The molecule has 0 aliphatic carbocycles. The van der Waals surface area contributed by atoms with Crippen LogP contribution >= 0.6 is 15.9 Å². The van der Waals surface area contributed by atoms with Crippen LogP contribution in [0.25, 0.3) is 0 Å². The molecule has 1 heterocycles. The third-order valence-corrected chi connectivity index (χ3v) is 1.36. The van der Waals surface area contributed by atoms with E-state index in [1.54, 1.807) is 6.07 Å². The fraction of sp³-hybridized carbons (Fsp3) is 0. The number of hydrogen-bond donors (Lipinski definition) is 0. The average Bonchev–Trinajstić information content (AvgIpc) is 2.18. The lowest BCUT2D eigenvalue weighted by Gasteiger charge is -1.77. The zero-order chi connectivity index (χ0) is 6.69. The lowest BCUT2D eigenvalue weighted by molar-refractivity contribution is 0.541. The van der Waals surface area contributed by atoms with Crippen LogP contribution in [0, 0.1) is 0 Å². The maximum Gasteiger partial charge on any atom is 0.240 e. The Labute approximate surface area is 59.5 Å². The lowest BCUT2D eigenvalue weighted by Crippen LogP contribution is -1.53. The van der Waals surface area contributed by atoms with Crippen LogP contribution in [0.3, 0.4) is 0 Å². The van der Waals surface area contributed by atoms with Crippen molar-refractivity contribution >= 4 is 27.7 Å². The maximum atomic E-state index is 9.67. The van der Waals surface area contributed by atoms with Crippen LogP contribution in [0.5, 0.6) is 0 Å². The fourth-order valence-corrected chi connectivity index (χ4v) is 0.743. The minimum Gasteiger partial charge on any atom is -0.455 e. The van der Waals surface area contributed by atoms with E-state index in [0.717, 1.165) is 0 Å². The molecule has 0 radical (unpaired) electrons. The Morgan fingerprint density at radius 2 is 2.56 bits per heavy atom. The zero-order valence-corrected chi connectivity index (χ0v) is 5.88. The highest BCUT2D eigenvalue weighted by atomic mass is 79.9. The van der Waals surface area contributed by atoms with E-state index < -0.39 is 0 Å². The highest BCUT2D eigenvalue weighted by Gasteiger charge is 1.97. The Morgan fingerprint density at radius 1 is 1.78 bits per heavy atom. The van der Waals surface area contributed by atoms with Crippen LogP contribution in [0.15, 0.2) is 26.4 Å². The van der Waals surface area contributed by atoms with Crippen molar-refractivity contribution in [2.75, 3.05) is 0 Å². The highest BCUT2D eigenvalue weighted by molar-refractivity contribution is 9.10. The molecule has 1 aromatic heterocycles. The molecular formula is C5H2BrNO2. The minimum atomic E-state index is 0.450. The molecule has 0 amide bonds. The van der Waals surface area contributed by atoms with Gasteiger partial charge in [-0.05, 0) is 15.9 Å². The first-order chi connectivity index (χ1) is 4.34. The summed E-state index contributed by atoms with van der Waals surface area (Å²) < 4.78 is 5.21. The molecule has 0 saturated carbocycles. The molecular weight excluding hydrogens is 186 g/mol. The van der Waals surface area contributed by atoms with E-state index >= 15 is 0 Å². The summed E-state index contributed by atoms with van der Waals surface area (Å²) in [5.74, 6) is 0. The summed E-state index contributed by atoms with van der Waals surface area (Å²) in [5.41, 5.74) is 0.463. The first-order valence-corrected chi connectivity index (χ1v) is 2.95. The van der Waals surface area contributed by atoms with Gasteiger partial charge in [0.05, 0.1) is 6.26 Å². The fourth-order valence-electron chi connectivity index (χ4n) is 0.414. The molecule has 0 aliphatic heterocycles. The van der Waals surface area contributed by atoms with Crippen LogP contribution in [-0.2, 0) is 4.79 Å². The van der Waals surface area contributed by atoms with Gasteiger partial charge in [0.1, 0.15) is 5.69 Å². The van der Waals surface area contributed by atoms with Crippen LogP contribution in [-0.4, -0.2) is 6.08 Å². The van der Waals surface area contributed by atoms with Gasteiger partial charge in [-0.3, -0.25) is 0 Å². The van der Waals surface area contributed by atoms with Crippen molar-refractivity contribution in [3.05, 3.63) is 17.0 Å². The Balaban J connectivity index is 3.07. The van der Waals surface area contributed by atoms with Gasteiger partial charge in [0.15, 0.2) is 4.67 Å². The number of isocyanates is 1. The predicted octanol–water partition coefficient (Wildman–Crippen LogP) is 2.01. The molecule has 0 unspecified atom stereocenters. The molecule has 0 bridgehead atoms. The average molecular weight is 188 g/mol. The van der Waals surface area contributed by atoms with Gasteiger partial charge < -0.3 is 4.42 Å². The van der Waals surface area contributed by atoms with Gasteiger partial charge in [-0.15, -0.1) is 0 Å². The Hall–Kier alpha value is -0.860. The summed E-state index contributed by atoms with van der Waals surface area (Å²) in [6.45, 7) is 0. The standard InChI is InChI=1S/C5H2BrNO2/c6-5-4(7-3-8)1-2-9-5/h1-2H. The summed E-state index contributed by atoms with van der Waals surface area (Å²) in [4.78, 5) is 13.0. The summed E-state index contributed by atoms with van der Waals surface area (Å²) in [6.07, 6.45) is 2.83. The van der Waals surface area contributed by atoms with E-state index in [2.05, 4.69) is 20.9 Å².